The van der Waals surface area contributed by atoms with Gasteiger partial charge in [0.05, 0.1) is 24.6 Å². The van der Waals surface area contributed by atoms with Gasteiger partial charge in [-0.1, -0.05) is 18.2 Å². The summed E-state index contributed by atoms with van der Waals surface area (Å²) in [4.78, 5) is 18.7. The van der Waals surface area contributed by atoms with Crippen molar-refractivity contribution in [2.75, 3.05) is 68.8 Å². The van der Waals surface area contributed by atoms with Crippen LogP contribution < -0.4 is 15.1 Å². The smallest absolute Gasteiger partial charge is 0.317 e. The number of benzene rings is 1. The molecule has 2 heterocycles. The van der Waals surface area contributed by atoms with E-state index >= 15 is 0 Å². The number of hydrogen-bond acceptors (Lipinski definition) is 4. The molecule has 0 aliphatic carbocycles. The molecule has 1 aromatic carbocycles. The maximum Gasteiger partial charge on any atom is 0.317 e. The summed E-state index contributed by atoms with van der Waals surface area (Å²) >= 11 is 0. The van der Waals surface area contributed by atoms with Crippen molar-refractivity contribution in [1.29, 1.82) is 0 Å². The molecule has 130 valence electrons. The van der Waals surface area contributed by atoms with Crippen molar-refractivity contribution in [1.82, 2.24) is 10.2 Å². The molecule has 2 aliphatic rings. The van der Waals surface area contributed by atoms with Crippen molar-refractivity contribution in [3.63, 3.8) is 0 Å². The molecule has 6 nitrogen and oxygen atoms in total. The molecule has 3 rings (SSSR count). The Labute approximate surface area is 143 Å². The molecule has 2 saturated heterocycles. The summed E-state index contributed by atoms with van der Waals surface area (Å²) in [6, 6.07) is 8.54. The van der Waals surface area contributed by atoms with Crippen molar-refractivity contribution in [2.24, 2.45) is 0 Å². The maximum absolute atomic E-state index is 12.0. The van der Waals surface area contributed by atoms with Gasteiger partial charge < -0.3 is 24.8 Å². The van der Waals surface area contributed by atoms with Gasteiger partial charge in [-0.2, -0.15) is 0 Å². The Morgan fingerprint density at radius 3 is 2.21 bits per heavy atom. The van der Waals surface area contributed by atoms with Gasteiger partial charge in [0.15, 0.2) is 0 Å². The van der Waals surface area contributed by atoms with E-state index in [-0.39, 0.29) is 6.03 Å². The molecule has 0 saturated carbocycles. The number of ether oxygens (including phenoxy) is 1. The molecule has 1 aromatic rings. The largest absolute Gasteiger partial charge is 0.378 e. The molecule has 0 spiro atoms. The zero-order valence-electron chi connectivity index (χ0n) is 14.1. The molecule has 0 unspecified atom stereocenters. The molecular weight excluding hydrogens is 304 g/mol. The van der Waals surface area contributed by atoms with Gasteiger partial charge in [-0.15, -0.1) is 6.58 Å². The lowest BCUT2D eigenvalue weighted by Gasteiger charge is -2.39. The van der Waals surface area contributed by atoms with Crippen LogP contribution in [0, 0.1) is 0 Å². The van der Waals surface area contributed by atoms with E-state index in [4.69, 9.17) is 4.74 Å². The Morgan fingerprint density at radius 2 is 1.62 bits per heavy atom. The van der Waals surface area contributed by atoms with Crippen LogP contribution in [0.3, 0.4) is 0 Å². The summed E-state index contributed by atoms with van der Waals surface area (Å²) in [5.41, 5.74) is 2.52. The molecular formula is C18H26N4O2. The van der Waals surface area contributed by atoms with E-state index in [9.17, 15) is 4.79 Å². The fourth-order valence-corrected chi connectivity index (χ4v) is 3.22. The van der Waals surface area contributed by atoms with Gasteiger partial charge >= 0.3 is 6.03 Å². The highest BCUT2D eigenvalue weighted by atomic mass is 16.5. The third kappa shape index (κ3) is 3.82. The number of nitrogens with one attached hydrogen (secondary N) is 1. The van der Waals surface area contributed by atoms with Gasteiger partial charge in [0.25, 0.3) is 0 Å². The number of amides is 2. The normalized spacial score (nSPS) is 18.4. The zero-order chi connectivity index (χ0) is 16.8. The lowest BCUT2D eigenvalue weighted by molar-refractivity contribution is 0.122. The fourth-order valence-electron chi connectivity index (χ4n) is 3.22. The van der Waals surface area contributed by atoms with Crippen LogP contribution in [0.15, 0.2) is 36.9 Å². The van der Waals surface area contributed by atoms with E-state index in [0.717, 1.165) is 52.5 Å². The van der Waals surface area contributed by atoms with Gasteiger partial charge in [0.2, 0.25) is 0 Å². The van der Waals surface area contributed by atoms with Crippen molar-refractivity contribution in [3.8, 4) is 0 Å². The van der Waals surface area contributed by atoms with Crippen LogP contribution in [-0.2, 0) is 4.74 Å². The summed E-state index contributed by atoms with van der Waals surface area (Å²) < 4.78 is 5.47. The van der Waals surface area contributed by atoms with Crippen LogP contribution in [-0.4, -0.2) is 70.0 Å². The summed E-state index contributed by atoms with van der Waals surface area (Å²) in [6.07, 6.45) is 1.70. The number of morpholine rings is 1. The molecule has 24 heavy (non-hydrogen) atoms. The van der Waals surface area contributed by atoms with Crippen molar-refractivity contribution in [2.45, 2.75) is 0 Å². The highest BCUT2D eigenvalue weighted by molar-refractivity contribution is 5.75. The van der Waals surface area contributed by atoms with E-state index in [2.05, 4.69) is 46.0 Å². The Morgan fingerprint density at radius 1 is 1.04 bits per heavy atom. The van der Waals surface area contributed by atoms with Gasteiger partial charge in [-0.3, -0.25) is 0 Å². The minimum atomic E-state index is -0.00369. The number of urea groups is 1. The fraction of sp³-hybridized carbons (Fsp3) is 0.500. The van der Waals surface area contributed by atoms with Crippen molar-refractivity contribution < 1.29 is 9.53 Å². The van der Waals surface area contributed by atoms with E-state index in [0.29, 0.717) is 6.54 Å². The first kappa shape index (κ1) is 16.6. The van der Waals surface area contributed by atoms with Crippen LogP contribution in [0.2, 0.25) is 0 Å². The second-order valence-electron chi connectivity index (χ2n) is 6.04. The van der Waals surface area contributed by atoms with E-state index in [1.807, 2.05) is 4.90 Å². The summed E-state index contributed by atoms with van der Waals surface area (Å²) in [7, 11) is 0. The Hall–Kier alpha value is -2.21. The van der Waals surface area contributed by atoms with E-state index < -0.39 is 0 Å². The predicted octanol–water partition coefficient (Wildman–Crippen LogP) is 1.54. The van der Waals surface area contributed by atoms with Gasteiger partial charge in [0.1, 0.15) is 0 Å². The van der Waals surface area contributed by atoms with Gasteiger partial charge in [0, 0.05) is 45.8 Å². The molecule has 2 aliphatic heterocycles. The number of nitrogens with zero attached hydrogens (tertiary/aromatic N) is 3. The minimum absolute atomic E-state index is 0.00369. The number of hydrogen-bond donors (Lipinski definition) is 1. The Kier molecular flexibility index (Phi) is 5.59. The SMILES string of the molecule is C=CCNC(=O)N1CCN(c2ccccc2N2CCOCC2)CC1. The second-order valence-corrected chi connectivity index (χ2v) is 6.04. The Bertz CT molecular complexity index is 564. The monoisotopic (exact) mass is 330 g/mol. The highest BCUT2D eigenvalue weighted by Crippen LogP contribution is 2.30. The molecule has 6 heteroatoms. The molecule has 1 N–H and O–H groups in total. The number of anilines is 2. The average Bonchev–Trinajstić information content (AvgIpc) is 2.67. The lowest BCUT2D eigenvalue weighted by atomic mass is 10.2. The minimum Gasteiger partial charge on any atom is -0.378 e. The molecule has 2 fully saturated rings. The third-order valence-corrected chi connectivity index (χ3v) is 4.54. The molecule has 2 amide bonds. The quantitative estimate of drug-likeness (QED) is 0.851. The summed E-state index contributed by atoms with van der Waals surface area (Å²) in [5, 5.41) is 2.85. The number of carbonyl (C=O) groups excluding carboxylic acids is 1. The standard InChI is InChI=1S/C18H26N4O2/c1-2-7-19-18(23)22-10-8-20(9-11-22)16-5-3-4-6-17(16)21-12-14-24-15-13-21/h2-6H,1,7-15H2,(H,19,23). The number of rotatable bonds is 4. The first-order chi connectivity index (χ1) is 11.8. The van der Waals surface area contributed by atoms with Crippen LogP contribution >= 0.6 is 0 Å². The molecule has 0 bridgehead atoms. The Balaban J connectivity index is 1.64. The second kappa shape index (κ2) is 8.06. The van der Waals surface area contributed by atoms with Crippen LogP contribution in [0.25, 0.3) is 0 Å². The summed E-state index contributed by atoms with van der Waals surface area (Å²) in [6.45, 7) is 10.7. The molecule has 0 atom stereocenters. The third-order valence-electron chi connectivity index (χ3n) is 4.54. The summed E-state index contributed by atoms with van der Waals surface area (Å²) in [5.74, 6) is 0. The lowest BCUT2D eigenvalue weighted by Crippen LogP contribution is -2.52. The van der Waals surface area contributed by atoms with Gasteiger partial charge in [-0.05, 0) is 12.1 Å². The molecule has 0 radical (unpaired) electrons. The van der Waals surface area contributed by atoms with E-state index in [1.54, 1.807) is 6.08 Å². The average molecular weight is 330 g/mol. The predicted molar refractivity (Wildman–Crippen MR) is 96.9 cm³/mol. The van der Waals surface area contributed by atoms with Crippen molar-refractivity contribution in [3.05, 3.63) is 36.9 Å². The number of para-hydroxylation sites is 2. The van der Waals surface area contributed by atoms with Crippen molar-refractivity contribution >= 4 is 17.4 Å². The topological polar surface area (TPSA) is 48.1 Å². The highest BCUT2D eigenvalue weighted by Gasteiger charge is 2.24. The van der Waals surface area contributed by atoms with Crippen LogP contribution in [0.5, 0.6) is 0 Å². The number of piperazine rings is 1. The zero-order valence-corrected chi connectivity index (χ0v) is 14.1. The number of carbonyl (C=O) groups is 1. The first-order valence-electron chi connectivity index (χ1n) is 8.60. The molecule has 0 aromatic heterocycles. The first-order valence-corrected chi connectivity index (χ1v) is 8.60. The van der Waals surface area contributed by atoms with Crippen LogP contribution in [0.1, 0.15) is 0 Å². The van der Waals surface area contributed by atoms with E-state index in [1.165, 1.54) is 11.4 Å². The van der Waals surface area contributed by atoms with Crippen LogP contribution in [0.4, 0.5) is 16.2 Å². The maximum atomic E-state index is 12.0. The van der Waals surface area contributed by atoms with Gasteiger partial charge in [-0.25, -0.2) is 4.79 Å².